The summed E-state index contributed by atoms with van der Waals surface area (Å²) in [4.78, 5) is 16.5. The molecule has 154 valence electrons. The first-order valence-corrected chi connectivity index (χ1v) is 10.6. The van der Waals surface area contributed by atoms with Crippen molar-refractivity contribution in [2.75, 3.05) is 5.88 Å². The van der Waals surface area contributed by atoms with Crippen LogP contribution in [0.1, 0.15) is 44.4 Å². The van der Waals surface area contributed by atoms with Gasteiger partial charge in [0.15, 0.2) is 0 Å². The number of unbranched alkanes of at least 4 members (excludes halogenated alkanes) is 2. The second-order valence-corrected chi connectivity index (χ2v) is 7.85. The Bertz CT molecular complexity index is 1030. The summed E-state index contributed by atoms with van der Waals surface area (Å²) >= 11 is 5.80. The summed E-state index contributed by atoms with van der Waals surface area (Å²) in [6.45, 7) is 2.20. The lowest BCUT2D eigenvalue weighted by molar-refractivity contribution is -0.00798. The second kappa shape index (κ2) is 8.69. The maximum absolute atomic E-state index is 12.4. The average Bonchev–Trinajstić information content (AvgIpc) is 3.30. The van der Waals surface area contributed by atoms with Crippen molar-refractivity contribution in [1.82, 2.24) is 9.55 Å². The van der Waals surface area contributed by atoms with Gasteiger partial charge < -0.3 is 14.3 Å². The van der Waals surface area contributed by atoms with E-state index in [4.69, 9.17) is 20.8 Å². The summed E-state index contributed by atoms with van der Waals surface area (Å²) < 4.78 is 12.9. The van der Waals surface area contributed by atoms with Crippen molar-refractivity contribution in [2.45, 2.75) is 57.5 Å². The van der Waals surface area contributed by atoms with E-state index in [-0.39, 0.29) is 5.88 Å². The van der Waals surface area contributed by atoms with Gasteiger partial charge in [0.1, 0.15) is 12.0 Å². The zero-order chi connectivity index (χ0) is 20.4. The van der Waals surface area contributed by atoms with E-state index in [1.807, 2.05) is 18.2 Å². The summed E-state index contributed by atoms with van der Waals surface area (Å²) in [7, 11) is 0. The van der Waals surface area contributed by atoms with Gasteiger partial charge in [-0.3, -0.25) is 4.57 Å². The minimum atomic E-state index is -0.698. The topological polar surface area (TPSA) is 77.5 Å². The first-order valence-electron chi connectivity index (χ1n) is 10.1. The van der Waals surface area contributed by atoms with Crippen molar-refractivity contribution in [3.05, 3.63) is 52.6 Å². The largest absolute Gasteiger partial charge is 0.437 e. The van der Waals surface area contributed by atoms with Crippen LogP contribution in [0.5, 0.6) is 0 Å². The molecule has 29 heavy (non-hydrogen) atoms. The smallest absolute Gasteiger partial charge is 0.353 e. The van der Waals surface area contributed by atoms with Gasteiger partial charge in [0.05, 0.1) is 23.5 Å². The Morgan fingerprint density at radius 1 is 1.28 bits per heavy atom. The van der Waals surface area contributed by atoms with E-state index in [0.29, 0.717) is 23.3 Å². The number of hydrogen-bond acceptors (Lipinski definition) is 5. The number of aryl methyl sites for hydroxylation is 1. The molecule has 0 unspecified atom stereocenters. The normalized spacial score (nSPS) is 21.8. The molecule has 6 nitrogen and oxygen atoms in total. The molecule has 2 aromatic heterocycles. The molecule has 0 bridgehead atoms. The van der Waals surface area contributed by atoms with Crippen LogP contribution >= 0.6 is 11.6 Å². The number of benzene rings is 1. The number of halogens is 1. The van der Waals surface area contributed by atoms with E-state index in [9.17, 15) is 9.90 Å². The Balaban J connectivity index is 1.58. The maximum Gasteiger partial charge on any atom is 0.353 e. The second-order valence-electron chi connectivity index (χ2n) is 7.54. The van der Waals surface area contributed by atoms with Crippen LogP contribution in [-0.4, -0.2) is 32.7 Å². The zero-order valence-electron chi connectivity index (χ0n) is 16.4. The summed E-state index contributed by atoms with van der Waals surface area (Å²) in [5, 5.41) is 10.7. The molecule has 0 aliphatic carbocycles. The molecule has 1 aliphatic heterocycles. The molecule has 1 aromatic carbocycles. The van der Waals surface area contributed by atoms with Gasteiger partial charge in [0.2, 0.25) is 5.71 Å². The van der Waals surface area contributed by atoms with Gasteiger partial charge in [-0.15, -0.1) is 11.6 Å². The number of fused-ring (bicyclic) bond motifs is 1. The Labute approximate surface area is 174 Å². The van der Waals surface area contributed by atoms with Gasteiger partial charge >= 0.3 is 5.69 Å². The van der Waals surface area contributed by atoms with Crippen LogP contribution in [0.4, 0.5) is 0 Å². The standard InChI is InChI=1S/C22H25ClN2O4/c1-2-3-4-5-14-6-8-15(9-7-14)18-10-16-13-25(22(27)24-21(16)29-18)20-11-17(26)19(12-23)28-20/h6-10,13,17,19-20,26H,2-5,11-12H2,1H3/t17-,19+,20+/m0/s1. The molecule has 3 aromatic rings. The van der Waals surface area contributed by atoms with E-state index in [0.717, 1.165) is 12.0 Å². The van der Waals surface area contributed by atoms with Crippen LogP contribution in [0.25, 0.3) is 22.4 Å². The van der Waals surface area contributed by atoms with Gasteiger partial charge in [-0.1, -0.05) is 44.0 Å². The van der Waals surface area contributed by atoms with Crippen molar-refractivity contribution in [2.24, 2.45) is 0 Å². The number of rotatable bonds is 7. The van der Waals surface area contributed by atoms with Crippen LogP contribution < -0.4 is 5.69 Å². The Morgan fingerprint density at radius 2 is 2.07 bits per heavy atom. The fourth-order valence-corrected chi connectivity index (χ4v) is 3.99. The lowest BCUT2D eigenvalue weighted by Crippen LogP contribution is -2.26. The van der Waals surface area contributed by atoms with Crippen LogP contribution in [-0.2, 0) is 11.2 Å². The van der Waals surface area contributed by atoms with Gasteiger partial charge in [0.25, 0.3) is 0 Å². The van der Waals surface area contributed by atoms with Crippen LogP contribution in [0.3, 0.4) is 0 Å². The highest BCUT2D eigenvalue weighted by atomic mass is 35.5. The minimum Gasteiger partial charge on any atom is -0.437 e. The number of alkyl halides is 1. The van der Waals surface area contributed by atoms with E-state index < -0.39 is 24.1 Å². The minimum absolute atomic E-state index is 0.173. The predicted octanol–water partition coefficient (Wildman–Crippen LogP) is 4.28. The van der Waals surface area contributed by atoms with Crippen LogP contribution in [0, 0.1) is 0 Å². The third-order valence-corrected chi connectivity index (χ3v) is 5.71. The first kappa shape index (κ1) is 20.1. The molecule has 4 rings (SSSR count). The molecule has 0 amide bonds. The van der Waals surface area contributed by atoms with Crippen molar-refractivity contribution in [1.29, 1.82) is 0 Å². The Morgan fingerprint density at radius 3 is 2.76 bits per heavy atom. The fraction of sp³-hybridized carbons (Fsp3) is 0.455. The summed E-state index contributed by atoms with van der Waals surface area (Å²) in [6, 6.07) is 10.2. The molecule has 3 heterocycles. The van der Waals surface area contributed by atoms with E-state index in [1.54, 1.807) is 6.20 Å². The third-order valence-electron chi connectivity index (χ3n) is 5.41. The van der Waals surface area contributed by atoms with Gasteiger partial charge in [0, 0.05) is 18.2 Å². The number of furan rings is 1. The molecular weight excluding hydrogens is 392 g/mol. The van der Waals surface area contributed by atoms with Crippen LogP contribution in [0.2, 0.25) is 0 Å². The quantitative estimate of drug-likeness (QED) is 0.459. The number of aromatic nitrogens is 2. The van der Waals surface area contributed by atoms with Crippen molar-refractivity contribution in [3.63, 3.8) is 0 Å². The number of aliphatic hydroxyl groups is 1. The maximum atomic E-state index is 12.4. The Kier molecular flexibility index (Phi) is 6.04. The van der Waals surface area contributed by atoms with Crippen molar-refractivity contribution < 1.29 is 14.3 Å². The lowest BCUT2D eigenvalue weighted by atomic mass is 10.0. The van der Waals surface area contributed by atoms with Gasteiger partial charge in [-0.2, -0.15) is 4.98 Å². The molecule has 1 fully saturated rings. The number of aliphatic hydroxyl groups excluding tert-OH is 1. The molecular formula is C22H25ClN2O4. The predicted molar refractivity (Wildman–Crippen MR) is 112 cm³/mol. The molecule has 3 atom stereocenters. The highest BCUT2D eigenvalue weighted by Crippen LogP contribution is 2.31. The van der Waals surface area contributed by atoms with E-state index >= 15 is 0 Å². The lowest BCUT2D eigenvalue weighted by Gasteiger charge is -2.13. The zero-order valence-corrected chi connectivity index (χ0v) is 17.1. The van der Waals surface area contributed by atoms with Gasteiger partial charge in [-0.25, -0.2) is 4.79 Å². The monoisotopic (exact) mass is 416 g/mol. The van der Waals surface area contributed by atoms with E-state index in [2.05, 4.69) is 24.0 Å². The Hall–Kier alpha value is -2.15. The first-order chi connectivity index (χ1) is 14.1. The molecule has 1 aliphatic rings. The molecule has 1 saturated heterocycles. The highest BCUT2D eigenvalue weighted by molar-refractivity contribution is 6.18. The number of nitrogens with zero attached hydrogens (tertiary/aromatic N) is 2. The number of hydrogen-bond donors (Lipinski definition) is 1. The van der Waals surface area contributed by atoms with E-state index in [1.165, 1.54) is 29.4 Å². The highest BCUT2D eigenvalue weighted by Gasteiger charge is 2.35. The SMILES string of the molecule is CCCCCc1ccc(-c2cc3cn([C@H]4C[C@H](O)[C@@H](CCl)O4)c(=O)nc3o2)cc1. The fourth-order valence-electron chi connectivity index (χ4n) is 3.71. The molecule has 1 N–H and O–H groups in total. The molecule has 0 radical (unpaired) electrons. The van der Waals surface area contributed by atoms with Crippen molar-refractivity contribution in [3.8, 4) is 11.3 Å². The molecule has 0 saturated carbocycles. The van der Waals surface area contributed by atoms with Gasteiger partial charge in [-0.05, 0) is 24.5 Å². The third kappa shape index (κ3) is 4.25. The number of ether oxygens (including phenoxy) is 1. The van der Waals surface area contributed by atoms with Crippen molar-refractivity contribution >= 4 is 22.7 Å². The summed E-state index contributed by atoms with van der Waals surface area (Å²) in [6.07, 6.45) is 4.92. The summed E-state index contributed by atoms with van der Waals surface area (Å²) in [5.41, 5.74) is 2.07. The average molecular weight is 417 g/mol. The van der Waals surface area contributed by atoms with Crippen LogP contribution in [0.15, 0.2) is 45.7 Å². The summed E-state index contributed by atoms with van der Waals surface area (Å²) in [5.74, 6) is 0.836. The molecule has 0 spiro atoms. The molecule has 7 heteroatoms.